The summed E-state index contributed by atoms with van der Waals surface area (Å²) in [4.78, 5) is 36.8. The maximum atomic E-state index is 12.6. The number of amides is 1. The van der Waals surface area contributed by atoms with Gasteiger partial charge in [0.15, 0.2) is 0 Å². The van der Waals surface area contributed by atoms with Gasteiger partial charge in [0.05, 0.1) is 13.7 Å². The lowest BCUT2D eigenvalue weighted by Crippen LogP contribution is -2.49. The SMILES string of the molecule is CCOC(=O)CCCC(=O)N1CCN(c2c(-c3ccc(OC)cc3)cnc3ncnn23)CC1. The van der Waals surface area contributed by atoms with Crippen LogP contribution in [0.5, 0.6) is 5.75 Å². The first-order chi connectivity index (χ1) is 16.1. The number of hydrogen-bond donors (Lipinski definition) is 0. The highest BCUT2D eigenvalue weighted by molar-refractivity contribution is 5.79. The molecule has 0 bridgehead atoms. The topological polar surface area (TPSA) is 102 Å². The van der Waals surface area contributed by atoms with Crippen LogP contribution in [-0.4, -0.2) is 76.3 Å². The number of fused-ring (bicyclic) bond motifs is 1. The van der Waals surface area contributed by atoms with E-state index in [0.717, 1.165) is 22.7 Å². The number of esters is 1. The number of carbonyl (C=O) groups is 2. The third-order valence-corrected chi connectivity index (χ3v) is 5.69. The number of nitrogens with zero attached hydrogens (tertiary/aromatic N) is 6. The summed E-state index contributed by atoms with van der Waals surface area (Å²) < 4.78 is 12.0. The standard InChI is InChI=1S/C23H28N6O4/c1-3-33-21(31)6-4-5-20(30)27-11-13-28(14-12-27)22-19(15-24-23-25-16-26-29(22)23)17-7-9-18(32-2)10-8-17/h7-10,15-16H,3-6,11-14H2,1-2H3. The second-order valence-electron chi connectivity index (χ2n) is 7.72. The Kier molecular flexibility index (Phi) is 7.01. The minimum atomic E-state index is -0.254. The molecule has 1 fully saturated rings. The van der Waals surface area contributed by atoms with Crippen LogP contribution in [0.2, 0.25) is 0 Å². The van der Waals surface area contributed by atoms with Crippen LogP contribution < -0.4 is 9.64 Å². The molecule has 2 aromatic heterocycles. The summed E-state index contributed by atoms with van der Waals surface area (Å²) in [7, 11) is 1.64. The molecule has 1 amide bonds. The van der Waals surface area contributed by atoms with Crippen molar-refractivity contribution in [2.75, 3.05) is 44.8 Å². The summed E-state index contributed by atoms with van der Waals surface area (Å²) in [6, 6.07) is 7.81. The van der Waals surface area contributed by atoms with Crippen LogP contribution in [0.15, 0.2) is 36.8 Å². The number of piperazine rings is 1. The van der Waals surface area contributed by atoms with Gasteiger partial charge in [-0.2, -0.15) is 14.6 Å². The van der Waals surface area contributed by atoms with E-state index in [1.165, 1.54) is 6.33 Å². The highest BCUT2D eigenvalue weighted by Gasteiger charge is 2.25. The van der Waals surface area contributed by atoms with Gasteiger partial charge in [0, 0.05) is 50.8 Å². The quantitative estimate of drug-likeness (QED) is 0.479. The van der Waals surface area contributed by atoms with Gasteiger partial charge in [0.1, 0.15) is 17.9 Å². The molecule has 10 heteroatoms. The monoisotopic (exact) mass is 452 g/mol. The molecule has 1 aliphatic rings. The maximum absolute atomic E-state index is 12.6. The lowest BCUT2D eigenvalue weighted by molar-refractivity contribution is -0.143. The number of hydrogen-bond acceptors (Lipinski definition) is 8. The first-order valence-electron chi connectivity index (χ1n) is 11.1. The molecule has 0 spiro atoms. The summed E-state index contributed by atoms with van der Waals surface area (Å²) in [6.07, 6.45) is 4.43. The smallest absolute Gasteiger partial charge is 0.305 e. The molecule has 0 N–H and O–H groups in total. The molecule has 33 heavy (non-hydrogen) atoms. The summed E-state index contributed by atoms with van der Waals surface area (Å²) in [5.74, 6) is 2.02. The molecule has 0 saturated carbocycles. The molecule has 1 aromatic carbocycles. The molecule has 3 aromatic rings. The highest BCUT2D eigenvalue weighted by atomic mass is 16.5. The van der Waals surface area contributed by atoms with Crippen LogP contribution in [0.3, 0.4) is 0 Å². The first kappa shape index (κ1) is 22.5. The number of anilines is 1. The van der Waals surface area contributed by atoms with E-state index in [2.05, 4.69) is 20.0 Å². The number of carbonyl (C=O) groups excluding carboxylic acids is 2. The van der Waals surface area contributed by atoms with Gasteiger partial charge in [-0.15, -0.1) is 0 Å². The normalized spacial score (nSPS) is 13.9. The Bertz CT molecular complexity index is 1110. The van der Waals surface area contributed by atoms with Crippen LogP contribution in [0.4, 0.5) is 5.82 Å². The summed E-state index contributed by atoms with van der Waals surface area (Å²) >= 11 is 0. The van der Waals surface area contributed by atoms with Crippen molar-refractivity contribution in [3.63, 3.8) is 0 Å². The zero-order valence-corrected chi connectivity index (χ0v) is 18.9. The number of aromatic nitrogens is 4. The fourth-order valence-electron chi connectivity index (χ4n) is 3.99. The molecule has 10 nitrogen and oxygen atoms in total. The fourth-order valence-corrected chi connectivity index (χ4v) is 3.99. The van der Waals surface area contributed by atoms with Crippen LogP contribution in [-0.2, 0) is 14.3 Å². The fraction of sp³-hybridized carbons (Fsp3) is 0.435. The Labute approximate surface area is 192 Å². The van der Waals surface area contributed by atoms with E-state index >= 15 is 0 Å². The minimum Gasteiger partial charge on any atom is -0.497 e. The molecule has 0 unspecified atom stereocenters. The van der Waals surface area contributed by atoms with E-state index in [0.29, 0.717) is 51.4 Å². The lowest BCUT2D eigenvalue weighted by Gasteiger charge is -2.36. The second-order valence-corrected chi connectivity index (χ2v) is 7.72. The van der Waals surface area contributed by atoms with Crippen LogP contribution in [0.1, 0.15) is 26.2 Å². The van der Waals surface area contributed by atoms with Crippen molar-refractivity contribution >= 4 is 23.5 Å². The van der Waals surface area contributed by atoms with E-state index in [9.17, 15) is 9.59 Å². The van der Waals surface area contributed by atoms with Crippen molar-refractivity contribution in [3.05, 3.63) is 36.8 Å². The molecule has 1 saturated heterocycles. The molecule has 0 radical (unpaired) electrons. The van der Waals surface area contributed by atoms with Crippen molar-refractivity contribution in [1.82, 2.24) is 24.5 Å². The molecule has 4 rings (SSSR count). The Hall–Kier alpha value is -3.69. The highest BCUT2D eigenvalue weighted by Crippen LogP contribution is 2.32. The first-order valence-corrected chi connectivity index (χ1v) is 11.1. The Morgan fingerprint density at radius 1 is 1.03 bits per heavy atom. The largest absolute Gasteiger partial charge is 0.497 e. The van der Waals surface area contributed by atoms with E-state index in [1.54, 1.807) is 18.5 Å². The van der Waals surface area contributed by atoms with Crippen molar-refractivity contribution in [1.29, 1.82) is 0 Å². The number of ether oxygens (including phenoxy) is 2. The maximum Gasteiger partial charge on any atom is 0.305 e. The summed E-state index contributed by atoms with van der Waals surface area (Å²) in [5.41, 5.74) is 1.93. The average Bonchev–Trinajstić information content (AvgIpc) is 3.33. The molecular weight excluding hydrogens is 424 g/mol. The van der Waals surface area contributed by atoms with E-state index in [4.69, 9.17) is 9.47 Å². The Morgan fingerprint density at radius 3 is 2.48 bits per heavy atom. The molecule has 0 atom stereocenters. The molecule has 1 aliphatic heterocycles. The minimum absolute atomic E-state index is 0.0648. The van der Waals surface area contributed by atoms with Gasteiger partial charge in [0.25, 0.3) is 5.78 Å². The molecular formula is C23H28N6O4. The Morgan fingerprint density at radius 2 is 1.79 bits per heavy atom. The van der Waals surface area contributed by atoms with E-state index in [1.807, 2.05) is 35.4 Å². The molecule has 174 valence electrons. The predicted octanol–water partition coefficient (Wildman–Crippen LogP) is 2.18. The van der Waals surface area contributed by atoms with Crippen molar-refractivity contribution in [2.24, 2.45) is 0 Å². The van der Waals surface area contributed by atoms with Crippen molar-refractivity contribution < 1.29 is 19.1 Å². The van der Waals surface area contributed by atoms with E-state index in [-0.39, 0.29) is 18.3 Å². The lowest BCUT2D eigenvalue weighted by atomic mass is 10.1. The van der Waals surface area contributed by atoms with Crippen LogP contribution >= 0.6 is 0 Å². The van der Waals surface area contributed by atoms with Gasteiger partial charge in [-0.25, -0.2) is 4.98 Å². The van der Waals surface area contributed by atoms with Gasteiger partial charge >= 0.3 is 5.97 Å². The van der Waals surface area contributed by atoms with E-state index < -0.39 is 0 Å². The van der Waals surface area contributed by atoms with Crippen molar-refractivity contribution in [2.45, 2.75) is 26.2 Å². The van der Waals surface area contributed by atoms with Gasteiger partial charge < -0.3 is 19.3 Å². The average molecular weight is 453 g/mol. The van der Waals surface area contributed by atoms with Gasteiger partial charge in [-0.3, -0.25) is 9.59 Å². The number of methoxy groups -OCH3 is 1. The zero-order chi connectivity index (χ0) is 23.2. The molecule has 0 aliphatic carbocycles. The second kappa shape index (κ2) is 10.3. The van der Waals surface area contributed by atoms with Gasteiger partial charge in [0.2, 0.25) is 5.91 Å². The van der Waals surface area contributed by atoms with Crippen LogP contribution in [0, 0.1) is 0 Å². The van der Waals surface area contributed by atoms with Crippen molar-refractivity contribution in [3.8, 4) is 16.9 Å². The summed E-state index contributed by atoms with van der Waals surface area (Å²) in [6.45, 7) is 4.65. The zero-order valence-electron chi connectivity index (χ0n) is 18.9. The third-order valence-electron chi connectivity index (χ3n) is 5.69. The molecule has 3 heterocycles. The van der Waals surface area contributed by atoms with Gasteiger partial charge in [-0.1, -0.05) is 12.1 Å². The predicted molar refractivity (Wildman–Crippen MR) is 122 cm³/mol. The summed E-state index contributed by atoms with van der Waals surface area (Å²) in [5, 5.41) is 4.39. The number of benzene rings is 1. The van der Waals surface area contributed by atoms with Crippen LogP contribution in [0.25, 0.3) is 16.9 Å². The Balaban J connectivity index is 1.47. The number of rotatable bonds is 8. The van der Waals surface area contributed by atoms with Gasteiger partial charge in [-0.05, 0) is 31.0 Å². The third kappa shape index (κ3) is 5.05.